The van der Waals surface area contributed by atoms with Crippen LogP contribution in [-0.4, -0.2) is 46.0 Å². The van der Waals surface area contributed by atoms with Gasteiger partial charge in [0.25, 0.3) is 0 Å². The number of nitrogens with zero attached hydrogens (tertiary/aromatic N) is 3. The van der Waals surface area contributed by atoms with E-state index in [4.69, 9.17) is 26.4 Å². The first-order valence-corrected chi connectivity index (χ1v) is 12.0. The predicted molar refractivity (Wildman–Crippen MR) is 135 cm³/mol. The van der Waals surface area contributed by atoms with Crippen LogP contribution in [0.5, 0.6) is 11.5 Å². The summed E-state index contributed by atoms with van der Waals surface area (Å²) in [7, 11) is 1.41. The summed E-state index contributed by atoms with van der Waals surface area (Å²) in [5, 5.41) is 4.14. The van der Waals surface area contributed by atoms with Gasteiger partial charge in [-0.25, -0.2) is 0 Å². The first kappa shape index (κ1) is 23.2. The molecule has 2 atom stereocenters. The molecule has 2 aliphatic heterocycles. The van der Waals surface area contributed by atoms with Gasteiger partial charge in [0.05, 0.1) is 24.9 Å². The monoisotopic (exact) mass is 492 g/mol. The number of rotatable bonds is 7. The van der Waals surface area contributed by atoms with Gasteiger partial charge in [-0.15, -0.1) is 0 Å². The summed E-state index contributed by atoms with van der Waals surface area (Å²) in [6, 6.07) is 13.9. The maximum absolute atomic E-state index is 11.7. The number of hydrogen-bond donors (Lipinski definition) is 1. The summed E-state index contributed by atoms with van der Waals surface area (Å²) in [5.41, 5.74) is 5.29. The van der Waals surface area contributed by atoms with Crippen LogP contribution in [-0.2, 0) is 9.53 Å². The molecule has 4 heterocycles. The van der Waals surface area contributed by atoms with Crippen LogP contribution in [0, 0.1) is 13.8 Å². The van der Waals surface area contributed by atoms with Crippen molar-refractivity contribution >= 4 is 23.3 Å². The van der Waals surface area contributed by atoms with Gasteiger partial charge in [0.2, 0.25) is 6.79 Å². The van der Waals surface area contributed by atoms with Crippen molar-refractivity contribution in [2.45, 2.75) is 38.8 Å². The van der Waals surface area contributed by atoms with E-state index in [1.165, 1.54) is 7.11 Å². The predicted octanol–water partition coefficient (Wildman–Crippen LogP) is 4.14. The molecule has 1 saturated heterocycles. The number of esters is 1. The van der Waals surface area contributed by atoms with Crippen LogP contribution in [0.2, 0.25) is 0 Å². The third-order valence-electron chi connectivity index (χ3n) is 6.61. The van der Waals surface area contributed by atoms with E-state index in [0.29, 0.717) is 24.5 Å². The van der Waals surface area contributed by atoms with E-state index in [-0.39, 0.29) is 24.8 Å². The quantitative estimate of drug-likeness (QED) is 0.390. The summed E-state index contributed by atoms with van der Waals surface area (Å²) in [4.78, 5) is 18.5. The maximum atomic E-state index is 11.7. The molecule has 9 heteroatoms. The molecule has 0 amide bonds. The summed E-state index contributed by atoms with van der Waals surface area (Å²) in [5.74, 6) is 1.28. The molecule has 0 aliphatic carbocycles. The fraction of sp³-hybridized carbons (Fsp3) is 0.346. The zero-order valence-electron chi connectivity index (χ0n) is 20.0. The Kier molecular flexibility index (Phi) is 6.34. The molecule has 0 bridgehead atoms. The van der Waals surface area contributed by atoms with E-state index < -0.39 is 0 Å². The number of thiocarbonyl (C=S) groups is 1. The number of carbonyl (C=O) groups is 1. The van der Waals surface area contributed by atoms with Crippen LogP contribution in [0.4, 0.5) is 0 Å². The van der Waals surface area contributed by atoms with E-state index in [0.717, 1.165) is 39.8 Å². The molecule has 1 fully saturated rings. The van der Waals surface area contributed by atoms with Crippen molar-refractivity contribution in [3.8, 4) is 17.2 Å². The van der Waals surface area contributed by atoms with Crippen molar-refractivity contribution in [2.75, 3.05) is 20.4 Å². The molecule has 5 rings (SSSR count). The van der Waals surface area contributed by atoms with Gasteiger partial charge in [-0.3, -0.25) is 9.78 Å². The number of benzene rings is 1. The van der Waals surface area contributed by atoms with Crippen LogP contribution >= 0.6 is 12.2 Å². The third-order valence-corrected chi connectivity index (χ3v) is 6.96. The van der Waals surface area contributed by atoms with Gasteiger partial charge in [0.1, 0.15) is 0 Å². The number of nitrogens with one attached hydrogen (secondary N) is 1. The van der Waals surface area contributed by atoms with Crippen molar-refractivity contribution < 1.29 is 19.0 Å². The number of carbonyl (C=O) groups excluding carboxylic acids is 1. The molecular weight excluding hydrogens is 464 g/mol. The number of aryl methyl sites for hydroxylation is 1. The Balaban J connectivity index is 1.53. The van der Waals surface area contributed by atoms with Crippen molar-refractivity contribution in [1.29, 1.82) is 0 Å². The van der Waals surface area contributed by atoms with Gasteiger partial charge >= 0.3 is 5.97 Å². The summed E-state index contributed by atoms with van der Waals surface area (Å²) < 4.78 is 18.1. The fourth-order valence-electron chi connectivity index (χ4n) is 4.99. The lowest BCUT2D eigenvalue weighted by atomic mass is 9.96. The minimum absolute atomic E-state index is 0.0796. The maximum Gasteiger partial charge on any atom is 0.305 e. The van der Waals surface area contributed by atoms with Gasteiger partial charge in [-0.05, 0) is 68.4 Å². The van der Waals surface area contributed by atoms with Crippen molar-refractivity contribution in [3.63, 3.8) is 0 Å². The van der Waals surface area contributed by atoms with E-state index in [1.54, 1.807) is 6.20 Å². The summed E-state index contributed by atoms with van der Waals surface area (Å²) >= 11 is 5.77. The molecule has 0 saturated carbocycles. The van der Waals surface area contributed by atoms with E-state index in [2.05, 4.69) is 39.7 Å². The third kappa shape index (κ3) is 4.32. The van der Waals surface area contributed by atoms with Gasteiger partial charge in [-0.2, -0.15) is 0 Å². The highest BCUT2D eigenvalue weighted by molar-refractivity contribution is 7.80. The largest absolute Gasteiger partial charge is 0.469 e. The fourth-order valence-corrected chi connectivity index (χ4v) is 5.32. The molecule has 2 aromatic heterocycles. The average molecular weight is 493 g/mol. The highest BCUT2D eigenvalue weighted by atomic mass is 32.1. The molecule has 0 radical (unpaired) electrons. The Bertz CT molecular complexity index is 1260. The molecule has 182 valence electrons. The van der Waals surface area contributed by atoms with Crippen LogP contribution < -0.4 is 14.8 Å². The lowest BCUT2D eigenvalue weighted by Crippen LogP contribution is -2.31. The lowest BCUT2D eigenvalue weighted by molar-refractivity contribution is -0.140. The Morgan fingerprint density at radius 2 is 2.03 bits per heavy atom. The van der Waals surface area contributed by atoms with E-state index >= 15 is 0 Å². The number of fused-ring (bicyclic) bond motifs is 1. The zero-order chi connectivity index (χ0) is 24.5. The second-order valence-electron chi connectivity index (χ2n) is 8.70. The van der Waals surface area contributed by atoms with Crippen LogP contribution in [0.25, 0.3) is 5.69 Å². The van der Waals surface area contributed by atoms with E-state index in [9.17, 15) is 4.79 Å². The number of ether oxygens (including phenoxy) is 3. The summed E-state index contributed by atoms with van der Waals surface area (Å²) in [6.45, 7) is 5.09. The van der Waals surface area contributed by atoms with Crippen molar-refractivity contribution in [2.24, 2.45) is 0 Å². The second kappa shape index (κ2) is 9.58. The lowest BCUT2D eigenvalue weighted by Gasteiger charge is -2.28. The number of methoxy groups -OCH3 is 1. The van der Waals surface area contributed by atoms with Gasteiger partial charge in [0.15, 0.2) is 16.6 Å². The first-order valence-electron chi connectivity index (χ1n) is 11.6. The Morgan fingerprint density at radius 3 is 2.80 bits per heavy atom. The minimum Gasteiger partial charge on any atom is -0.469 e. The molecule has 35 heavy (non-hydrogen) atoms. The highest BCUT2D eigenvalue weighted by Gasteiger charge is 2.41. The molecule has 2 aliphatic rings. The zero-order valence-corrected chi connectivity index (χ0v) is 20.8. The standard InChI is InChI=1S/C26H28N4O4S/c1-16-13-19(17(2)30(16)18-9-10-21-22(14-18)34-15-33-21)25-24(20-7-4-5-11-27-20)28-26(35)29(25)12-6-8-23(31)32-3/h4-5,7,9-11,13-14,24-25H,6,8,12,15H2,1-3H3,(H,28,35)/t24-,25+/m1/s1. The summed E-state index contributed by atoms with van der Waals surface area (Å²) in [6.07, 6.45) is 2.78. The van der Waals surface area contributed by atoms with Gasteiger partial charge < -0.3 is 29.0 Å². The van der Waals surface area contributed by atoms with Crippen molar-refractivity contribution in [3.05, 3.63) is 71.3 Å². The van der Waals surface area contributed by atoms with Gasteiger partial charge in [0, 0.05) is 42.3 Å². The molecule has 1 aromatic carbocycles. The van der Waals surface area contributed by atoms with Crippen LogP contribution in [0.1, 0.15) is 47.6 Å². The topological polar surface area (TPSA) is 77.9 Å². The first-order chi connectivity index (χ1) is 17.0. The molecule has 0 unspecified atom stereocenters. The van der Waals surface area contributed by atoms with Gasteiger partial charge in [-0.1, -0.05) is 6.07 Å². The average Bonchev–Trinajstić information content (AvgIpc) is 3.54. The Labute approximate surface area is 209 Å². The van der Waals surface area contributed by atoms with E-state index in [1.807, 2.05) is 36.4 Å². The number of hydrogen-bond acceptors (Lipinski definition) is 6. The Morgan fingerprint density at radius 1 is 1.20 bits per heavy atom. The molecule has 0 spiro atoms. The smallest absolute Gasteiger partial charge is 0.305 e. The second-order valence-corrected chi connectivity index (χ2v) is 9.09. The number of aromatic nitrogens is 2. The molecular formula is C26H28N4O4S. The number of pyridine rings is 1. The SMILES string of the molecule is COC(=O)CCCN1C(=S)N[C@H](c2ccccn2)[C@@H]1c1cc(C)n(-c2ccc3c(c2)OCO3)c1C. The normalized spacial score (nSPS) is 18.6. The molecule has 1 N–H and O–H groups in total. The van der Waals surface area contributed by atoms with Crippen LogP contribution in [0.3, 0.4) is 0 Å². The molecule has 8 nitrogen and oxygen atoms in total. The molecule has 3 aromatic rings. The van der Waals surface area contributed by atoms with Crippen molar-refractivity contribution in [1.82, 2.24) is 19.8 Å². The minimum atomic E-state index is -0.220. The Hall–Kier alpha value is -3.59. The highest BCUT2D eigenvalue weighted by Crippen LogP contribution is 2.42. The van der Waals surface area contributed by atoms with Crippen LogP contribution in [0.15, 0.2) is 48.7 Å².